The van der Waals surface area contributed by atoms with Crippen molar-refractivity contribution in [2.24, 2.45) is 0 Å². The molecule has 0 aliphatic rings. The van der Waals surface area contributed by atoms with E-state index in [1.165, 1.54) is 77.9 Å². The molecule has 0 atom stereocenters. The molecule has 0 aliphatic heterocycles. The first-order valence-electron chi connectivity index (χ1n) is 40.2. The normalized spacial score (nSPS) is 11.0. The summed E-state index contributed by atoms with van der Waals surface area (Å²) >= 11 is 0. The van der Waals surface area contributed by atoms with Crippen LogP contribution >= 0.6 is 0 Å². The van der Waals surface area contributed by atoms with Crippen LogP contribution in [0.5, 0.6) is 0 Å². The summed E-state index contributed by atoms with van der Waals surface area (Å²) in [5.41, 5.74) is 41.2. The highest BCUT2D eigenvalue weighted by atomic mass is 14.8. The van der Waals surface area contributed by atoms with Gasteiger partial charge < -0.3 is 0 Å². The monoisotopic (exact) mass is 1530 g/mol. The van der Waals surface area contributed by atoms with E-state index in [1.54, 1.807) is 6.33 Å². The molecule has 0 unspecified atom stereocenters. The molecular formula is C113H77N7. The zero-order valence-electron chi connectivity index (χ0n) is 65.6. The summed E-state index contributed by atoms with van der Waals surface area (Å²) in [5, 5.41) is 0. The van der Waals surface area contributed by atoms with Crippen LogP contribution in [0.3, 0.4) is 0 Å². The maximum atomic E-state index is 4.48. The Kier molecular flexibility index (Phi) is 21.3. The second-order valence-corrected chi connectivity index (χ2v) is 29.9. The molecule has 7 heteroatoms. The molecule has 0 amide bonds. The fourth-order valence-electron chi connectivity index (χ4n) is 15.9. The first-order valence-corrected chi connectivity index (χ1v) is 40.2. The number of aromatic nitrogens is 7. The molecule has 0 bridgehead atoms. The average Bonchev–Trinajstić information content (AvgIpc) is 0.782. The molecule has 0 spiro atoms. The summed E-state index contributed by atoms with van der Waals surface area (Å²) < 4.78 is 0. The molecule has 120 heavy (non-hydrogen) atoms. The molecule has 0 saturated carbocycles. The van der Waals surface area contributed by atoms with Gasteiger partial charge in [0.2, 0.25) is 0 Å². The molecule has 0 radical (unpaired) electrons. The van der Waals surface area contributed by atoms with Gasteiger partial charge in [0.25, 0.3) is 0 Å². The summed E-state index contributed by atoms with van der Waals surface area (Å²) in [5.74, 6) is 0. The van der Waals surface area contributed by atoms with Gasteiger partial charge in [0, 0.05) is 96.6 Å². The van der Waals surface area contributed by atoms with Gasteiger partial charge in [0.05, 0.1) is 0 Å². The number of hydrogen-bond acceptors (Lipinski definition) is 7. The summed E-state index contributed by atoms with van der Waals surface area (Å²) in [6.07, 6.45) is 23.9. The lowest BCUT2D eigenvalue weighted by molar-refractivity contribution is 1.17. The highest BCUT2D eigenvalue weighted by molar-refractivity contribution is 5.89. The molecule has 564 valence electrons. The van der Waals surface area contributed by atoms with Gasteiger partial charge in [-0.05, 0) is 330 Å². The minimum atomic E-state index is 0.968. The van der Waals surface area contributed by atoms with Gasteiger partial charge in [-0.1, -0.05) is 237 Å². The Balaban J connectivity index is 0.000000159. The van der Waals surface area contributed by atoms with E-state index in [9.17, 15) is 0 Å². The number of rotatable bonds is 18. The van der Waals surface area contributed by atoms with Crippen LogP contribution < -0.4 is 0 Å². The SMILES string of the molecule is c1cncc(-c2cccc(-c3cccc(-c4cccc(-c5cc(-c6cccnc6)cc(-c6cccc(-c7cccc(-c8cccc(-c9ccncc9)c8)c7)c6)c5)c4)c3)c2)c1.c1cncc(-c2cccc(-c3cccc(-c4cccc(-c5cc(-c6cncnc6)cc(-c6cccc(-c7cccc(-c8cccc(-c9ccncc9)c8)c7)c6)c5)c4)c3)c2)c1. The lowest BCUT2D eigenvalue weighted by Crippen LogP contribution is -1.89. The molecule has 6 heterocycles. The Bertz CT molecular complexity index is 6220. The van der Waals surface area contributed by atoms with Gasteiger partial charge in [0.1, 0.15) is 6.33 Å². The van der Waals surface area contributed by atoms with Crippen LogP contribution in [-0.2, 0) is 0 Å². The van der Waals surface area contributed by atoms with E-state index >= 15 is 0 Å². The van der Waals surface area contributed by atoms with Crippen LogP contribution in [0.2, 0.25) is 0 Å². The fraction of sp³-hybridized carbons (Fsp3) is 0. The maximum absolute atomic E-state index is 4.48. The van der Waals surface area contributed by atoms with Gasteiger partial charge in [-0.2, -0.15) is 0 Å². The highest BCUT2D eigenvalue weighted by Crippen LogP contribution is 2.42. The molecule has 0 saturated heterocycles. The largest absolute Gasteiger partial charge is 0.265 e. The Morgan fingerprint density at radius 3 is 0.433 bits per heavy atom. The molecule has 20 rings (SSSR count). The molecule has 0 aliphatic carbocycles. The smallest absolute Gasteiger partial charge is 0.115 e. The van der Waals surface area contributed by atoms with Crippen LogP contribution in [0.1, 0.15) is 0 Å². The number of benzene rings is 14. The van der Waals surface area contributed by atoms with E-state index in [0.717, 1.165) is 122 Å². The fourth-order valence-corrected chi connectivity index (χ4v) is 15.9. The third-order valence-electron chi connectivity index (χ3n) is 22.1. The Morgan fingerprint density at radius 1 is 0.0917 bits per heavy atom. The van der Waals surface area contributed by atoms with Crippen molar-refractivity contribution in [3.63, 3.8) is 0 Å². The van der Waals surface area contributed by atoms with Gasteiger partial charge >= 0.3 is 0 Å². The van der Waals surface area contributed by atoms with Crippen molar-refractivity contribution in [2.75, 3.05) is 0 Å². The van der Waals surface area contributed by atoms with Crippen molar-refractivity contribution in [1.82, 2.24) is 34.9 Å². The lowest BCUT2D eigenvalue weighted by atomic mass is 9.91. The molecular weight excluding hydrogens is 1460 g/mol. The quantitative estimate of drug-likeness (QED) is 0.0845. The van der Waals surface area contributed by atoms with Crippen LogP contribution in [0.25, 0.3) is 200 Å². The van der Waals surface area contributed by atoms with E-state index < -0.39 is 0 Å². The topological polar surface area (TPSA) is 90.2 Å². The number of hydrogen-bond donors (Lipinski definition) is 0. The van der Waals surface area contributed by atoms with Crippen molar-refractivity contribution < 1.29 is 0 Å². The molecule has 0 N–H and O–H groups in total. The van der Waals surface area contributed by atoms with Gasteiger partial charge in [-0.25, -0.2) is 9.97 Å². The first-order chi connectivity index (χ1) is 59.4. The summed E-state index contributed by atoms with van der Waals surface area (Å²) in [7, 11) is 0. The zero-order valence-corrected chi connectivity index (χ0v) is 65.6. The summed E-state index contributed by atoms with van der Waals surface area (Å²) in [4.78, 5) is 30.3. The van der Waals surface area contributed by atoms with Crippen LogP contribution in [-0.4, -0.2) is 34.9 Å². The number of nitrogens with zero attached hydrogens (tertiary/aromatic N) is 7. The molecule has 7 nitrogen and oxygen atoms in total. The van der Waals surface area contributed by atoms with Crippen molar-refractivity contribution in [3.05, 3.63) is 469 Å². The zero-order chi connectivity index (χ0) is 80.2. The van der Waals surface area contributed by atoms with Crippen molar-refractivity contribution >= 4 is 0 Å². The molecule has 6 aromatic heterocycles. The minimum Gasteiger partial charge on any atom is -0.265 e. The maximum Gasteiger partial charge on any atom is 0.115 e. The van der Waals surface area contributed by atoms with Gasteiger partial charge in [-0.15, -0.1) is 0 Å². The van der Waals surface area contributed by atoms with Crippen LogP contribution in [0.15, 0.2) is 469 Å². The molecule has 20 aromatic rings. The van der Waals surface area contributed by atoms with E-state index in [1.807, 2.05) is 105 Å². The van der Waals surface area contributed by atoms with E-state index in [-0.39, 0.29) is 0 Å². The van der Waals surface area contributed by atoms with Crippen LogP contribution in [0.4, 0.5) is 0 Å². The standard InChI is InChI=1S/C57H39N3.C56H38N4/c1-9-41(40-23-27-58-28-24-40)29-42(10-1)43-11-2-13-45(30-43)48-16-5-19-51(33-48)55-35-56(37-57(36-55)54-22-8-26-60-39-54)52-20-6-17-49(34-52)46-14-3-12-44(31-46)47-15-4-18-50(32-47)53-21-7-25-59-38-53;1-8-40(39-21-24-57-25-22-39)26-41(9-1)42-10-2-12-44(27-42)47-15-5-18-50(30-47)53-32-54(34-55(33-53)56-36-59-38-60-37-56)51-19-6-16-48(31-51)45-13-3-11-43(28-45)46-14-4-17-49(29-46)52-20-7-23-58-35-52/h1-39H;1-38H. The Labute approximate surface area is 699 Å². The summed E-state index contributed by atoms with van der Waals surface area (Å²) in [6, 6.07) is 140. The summed E-state index contributed by atoms with van der Waals surface area (Å²) in [6.45, 7) is 0. The highest BCUT2D eigenvalue weighted by Gasteiger charge is 2.17. The Hall–Kier alpha value is -16.1. The van der Waals surface area contributed by atoms with Gasteiger partial charge in [0.15, 0.2) is 0 Å². The lowest BCUT2D eigenvalue weighted by Gasteiger charge is -2.14. The molecule has 0 fully saturated rings. The van der Waals surface area contributed by atoms with Crippen molar-refractivity contribution in [3.8, 4) is 200 Å². The van der Waals surface area contributed by atoms with E-state index in [4.69, 9.17) is 0 Å². The van der Waals surface area contributed by atoms with Gasteiger partial charge in [-0.3, -0.25) is 24.9 Å². The third-order valence-corrected chi connectivity index (χ3v) is 22.1. The predicted molar refractivity (Wildman–Crippen MR) is 495 cm³/mol. The minimum absolute atomic E-state index is 0.968. The van der Waals surface area contributed by atoms with E-state index in [0.29, 0.717) is 0 Å². The second-order valence-electron chi connectivity index (χ2n) is 29.9. The molecule has 14 aromatic carbocycles. The van der Waals surface area contributed by atoms with E-state index in [2.05, 4.69) is 393 Å². The van der Waals surface area contributed by atoms with Crippen LogP contribution in [0, 0.1) is 0 Å². The first kappa shape index (κ1) is 74.0. The van der Waals surface area contributed by atoms with Crippen molar-refractivity contribution in [2.45, 2.75) is 0 Å². The predicted octanol–water partition coefficient (Wildman–Crippen LogP) is 29.1. The third kappa shape index (κ3) is 16.9. The number of pyridine rings is 5. The van der Waals surface area contributed by atoms with Crippen molar-refractivity contribution in [1.29, 1.82) is 0 Å². The average molecular weight is 1530 g/mol. The Morgan fingerprint density at radius 2 is 0.233 bits per heavy atom. The second kappa shape index (κ2) is 34.5.